The van der Waals surface area contributed by atoms with E-state index in [1.807, 2.05) is 48.5 Å². The highest BCUT2D eigenvalue weighted by atomic mass is 16.5. The van der Waals surface area contributed by atoms with Crippen molar-refractivity contribution in [1.29, 1.82) is 0 Å². The lowest BCUT2D eigenvalue weighted by atomic mass is 9.89. The highest BCUT2D eigenvalue weighted by Crippen LogP contribution is 2.29. The van der Waals surface area contributed by atoms with Crippen molar-refractivity contribution in [3.8, 4) is 0 Å². The predicted octanol–water partition coefficient (Wildman–Crippen LogP) is 1.65. The van der Waals surface area contributed by atoms with Gasteiger partial charge in [0.1, 0.15) is 5.60 Å². The largest absolute Gasteiger partial charge is 0.379 e. The lowest BCUT2D eigenvalue weighted by Crippen LogP contribution is -2.46. The monoisotopic (exact) mass is 284 g/mol. The molecule has 0 aliphatic carbocycles. The summed E-state index contributed by atoms with van der Waals surface area (Å²) >= 11 is 0. The summed E-state index contributed by atoms with van der Waals surface area (Å²) in [6, 6.07) is 15.4. The highest BCUT2D eigenvalue weighted by molar-refractivity contribution is 5.32. The van der Waals surface area contributed by atoms with Crippen molar-refractivity contribution < 1.29 is 9.84 Å². The smallest absolute Gasteiger partial charge is 0.144 e. The molecule has 1 atom stereocenters. The quantitative estimate of drug-likeness (QED) is 0.927. The van der Waals surface area contributed by atoms with Crippen LogP contribution in [-0.4, -0.2) is 47.8 Å². The van der Waals surface area contributed by atoms with Crippen molar-refractivity contribution in [2.45, 2.75) is 5.60 Å². The van der Waals surface area contributed by atoms with Crippen LogP contribution in [0.15, 0.2) is 54.7 Å². The number of hydrogen-bond acceptors (Lipinski definition) is 4. The average molecular weight is 284 g/mol. The van der Waals surface area contributed by atoms with Gasteiger partial charge in [-0.05, 0) is 17.7 Å². The van der Waals surface area contributed by atoms with Gasteiger partial charge in [0.15, 0.2) is 0 Å². The molecule has 1 N–H and O–H groups in total. The van der Waals surface area contributed by atoms with E-state index in [-0.39, 0.29) is 0 Å². The molecule has 1 aromatic heterocycles. The van der Waals surface area contributed by atoms with Gasteiger partial charge in [0.2, 0.25) is 0 Å². The molecular weight excluding hydrogens is 264 g/mol. The van der Waals surface area contributed by atoms with Crippen LogP contribution in [0.4, 0.5) is 0 Å². The van der Waals surface area contributed by atoms with Crippen LogP contribution in [0.5, 0.6) is 0 Å². The van der Waals surface area contributed by atoms with Gasteiger partial charge in [-0.2, -0.15) is 0 Å². The fourth-order valence-corrected chi connectivity index (χ4v) is 2.72. The third kappa shape index (κ3) is 3.13. The Bertz CT molecular complexity index is 514. The van der Waals surface area contributed by atoms with Gasteiger partial charge in [-0.1, -0.05) is 36.4 Å². The first-order valence-electron chi connectivity index (χ1n) is 7.28. The molecule has 110 valence electrons. The predicted molar refractivity (Wildman–Crippen MR) is 80.9 cm³/mol. The molecule has 0 unspecified atom stereocenters. The number of pyridine rings is 1. The molecule has 0 spiro atoms. The van der Waals surface area contributed by atoms with Crippen LogP contribution in [0, 0.1) is 0 Å². The minimum Gasteiger partial charge on any atom is -0.379 e. The molecule has 21 heavy (non-hydrogen) atoms. The van der Waals surface area contributed by atoms with E-state index in [1.165, 1.54) is 0 Å². The number of aliphatic hydroxyl groups is 1. The van der Waals surface area contributed by atoms with Crippen LogP contribution in [-0.2, 0) is 10.3 Å². The van der Waals surface area contributed by atoms with Gasteiger partial charge in [-0.3, -0.25) is 9.88 Å². The van der Waals surface area contributed by atoms with E-state index in [4.69, 9.17) is 4.74 Å². The van der Waals surface area contributed by atoms with Crippen molar-refractivity contribution in [1.82, 2.24) is 9.88 Å². The van der Waals surface area contributed by atoms with Gasteiger partial charge in [0, 0.05) is 25.8 Å². The fraction of sp³-hybridized carbons (Fsp3) is 0.353. The van der Waals surface area contributed by atoms with E-state index in [0.717, 1.165) is 18.7 Å². The molecule has 0 radical (unpaired) electrons. The Labute approximate surface area is 125 Å². The third-order valence-electron chi connectivity index (χ3n) is 3.90. The third-order valence-corrected chi connectivity index (χ3v) is 3.90. The normalized spacial score (nSPS) is 19.1. The number of ether oxygens (including phenoxy) is 1. The Morgan fingerprint density at radius 3 is 2.43 bits per heavy atom. The molecule has 2 heterocycles. The SMILES string of the molecule is O[C@@](CN1CCOCC1)(c1ccccc1)c1ccccn1. The van der Waals surface area contributed by atoms with E-state index < -0.39 is 5.60 Å². The molecule has 1 aromatic carbocycles. The van der Waals surface area contributed by atoms with Gasteiger partial charge < -0.3 is 9.84 Å². The second-order valence-corrected chi connectivity index (χ2v) is 5.33. The summed E-state index contributed by atoms with van der Waals surface area (Å²) in [4.78, 5) is 6.61. The minimum absolute atomic E-state index is 0.525. The maximum atomic E-state index is 11.4. The zero-order chi connectivity index (χ0) is 14.5. The number of hydrogen-bond donors (Lipinski definition) is 1. The minimum atomic E-state index is -1.10. The summed E-state index contributed by atoms with van der Waals surface area (Å²) in [7, 11) is 0. The number of aromatic nitrogens is 1. The first-order chi connectivity index (χ1) is 10.3. The number of morpholine rings is 1. The van der Waals surface area contributed by atoms with Gasteiger partial charge in [0.25, 0.3) is 0 Å². The number of rotatable bonds is 4. The first-order valence-corrected chi connectivity index (χ1v) is 7.28. The van der Waals surface area contributed by atoms with Crippen LogP contribution in [0.1, 0.15) is 11.3 Å². The molecule has 1 fully saturated rings. The fourth-order valence-electron chi connectivity index (χ4n) is 2.72. The molecule has 2 aromatic rings. The summed E-state index contributed by atoms with van der Waals surface area (Å²) in [5, 5.41) is 11.4. The maximum absolute atomic E-state index is 11.4. The summed E-state index contributed by atoms with van der Waals surface area (Å²) in [5.41, 5.74) is 0.456. The molecule has 1 saturated heterocycles. The molecule has 3 rings (SSSR count). The highest BCUT2D eigenvalue weighted by Gasteiger charge is 2.35. The van der Waals surface area contributed by atoms with Crippen molar-refractivity contribution in [3.05, 3.63) is 66.0 Å². The Morgan fingerprint density at radius 2 is 1.76 bits per heavy atom. The topological polar surface area (TPSA) is 45.6 Å². The molecular formula is C17H20N2O2. The Morgan fingerprint density at radius 1 is 1.05 bits per heavy atom. The van der Waals surface area contributed by atoms with E-state index >= 15 is 0 Å². The molecule has 1 aliphatic heterocycles. The standard InChI is InChI=1S/C17H20N2O2/c20-17(15-6-2-1-3-7-15,16-8-4-5-9-18-16)14-19-10-12-21-13-11-19/h1-9,20H,10-14H2/t17-/m0/s1. The van der Waals surface area contributed by atoms with E-state index in [2.05, 4.69) is 9.88 Å². The number of β-amino-alcohol motifs (C(OH)–C–C–N with tert-alkyl or cyclic N) is 1. The molecule has 4 heteroatoms. The second kappa shape index (κ2) is 6.35. The molecule has 0 amide bonds. The second-order valence-electron chi connectivity index (χ2n) is 5.33. The lowest BCUT2D eigenvalue weighted by molar-refractivity contribution is -0.0165. The van der Waals surface area contributed by atoms with Crippen LogP contribution in [0.3, 0.4) is 0 Å². The van der Waals surface area contributed by atoms with Crippen LogP contribution >= 0.6 is 0 Å². The van der Waals surface area contributed by atoms with Gasteiger partial charge >= 0.3 is 0 Å². The molecule has 0 saturated carbocycles. The summed E-state index contributed by atoms with van der Waals surface area (Å²) in [6.45, 7) is 3.63. The summed E-state index contributed by atoms with van der Waals surface area (Å²) < 4.78 is 5.39. The number of nitrogens with zero attached hydrogens (tertiary/aromatic N) is 2. The van der Waals surface area contributed by atoms with Crippen LogP contribution in [0.2, 0.25) is 0 Å². The van der Waals surface area contributed by atoms with Gasteiger partial charge in [-0.25, -0.2) is 0 Å². The molecule has 0 bridgehead atoms. The Kier molecular flexibility index (Phi) is 4.29. The molecule has 1 aliphatic rings. The summed E-state index contributed by atoms with van der Waals surface area (Å²) in [5.74, 6) is 0. The van der Waals surface area contributed by atoms with E-state index in [1.54, 1.807) is 6.20 Å². The first kappa shape index (κ1) is 14.2. The van der Waals surface area contributed by atoms with E-state index in [0.29, 0.717) is 25.5 Å². The zero-order valence-electron chi connectivity index (χ0n) is 12.0. The van der Waals surface area contributed by atoms with Crippen molar-refractivity contribution in [2.75, 3.05) is 32.8 Å². The number of benzene rings is 1. The van der Waals surface area contributed by atoms with Gasteiger partial charge in [0.05, 0.1) is 18.9 Å². The zero-order valence-corrected chi connectivity index (χ0v) is 12.0. The van der Waals surface area contributed by atoms with Crippen molar-refractivity contribution in [3.63, 3.8) is 0 Å². The Balaban J connectivity index is 1.94. The van der Waals surface area contributed by atoms with Crippen LogP contribution in [0.25, 0.3) is 0 Å². The average Bonchev–Trinajstić information content (AvgIpc) is 2.57. The summed E-state index contributed by atoms with van der Waals surface area (Å²) in [6.07, 6.45) is 1.72. The van der Waals surface area contributed by atoms with Crippen molar-refractivity contribution in [2.24, 2.45) is 0 Å². The van der Waals surface area contributed by atoms with Gasteiger partial charge in [-0.15, -0.1) is 0 Å². The van der Waals surface area contributed by atoms with E-state index in [9.17, 15) is 5.11 Å². The molecule has 4 nitrogen and oxygen atoms in total. The van der Waals surface area contributed by atoms with Crippen LogP contribution < -0.4 is 0 Å². The maximum Gasteiger partial charge on any atom is 0.144 e. The Hall–Kier alpha value is -1.75. The lowest BCUT2D eigenvalue weighted by Gasteiger charge is -2.36. The van der Waals surface area contributed by atoms with Crippen molar-refractivity contribution >= 4 is 0 Å².